The van der Waals surface area contributed by atoms with Crippen molar-refractivity contribution in [3.8, 4) is 10.9 Å². The van der Waals surface area contributed by atoms with Crippen molar-refractivity contribution in [2.24, 2.45) is 0 Å². The number of halogens is 1. The van der Waals surface area contributed by atoms with Crippen LogP contribution in [0, 0.1) is 5.82 Å². The Kier molecular flexibility index (Phi) is 2.44. The molecule has 0 unspecified atom stereocenters. The second-order valence-electron chi connectivity index (χ2n) is 3.98. The Morgan fingerprint density at radius 1 is 1.41 bits per heavy atom. The van der Waals surface area contributed by atoms with Gasteiger partial charge in [-0.15, -0.1) is 0 Å². The van der Waals surface area contributed by atoms with E-state index in [0.29, 0.717) is 16.8 Å². The third-order valence-electron chi connectivity index (χ3n) is 2.52. The summed E-state index contributed by atoms with van der Waals surface area (Å²) in [6, 6.07) is 4.29. The van der Waals surface area contributed by atoms with Gasteiger partial charge in [0.1, 0.15) is 5.82 Å². The van der Waals surface area contributed by atoms with Crippen LogP contribution in [0.1, 0.15) is 24.6 Å². The van der Waals surface area contributed by atoms with Crippen LogP contribution in [0.25, 0.3) is 0 Å². The van der Waals surface area contributed by atoms with E-state index in [-0.39, 0.29) is 5.75 Å². The van der Waals surface area contributed by atoms with Gasteiger partial charge in [0.15, 0.2) is 11.6 Å². The van der Waals surface area contributed by atoms with Gasteiger partial charge in [-0.3, -0.25) is 0 Å². The molecule has 4 nitrogen and oxygen atoms in total. The molecule has 1 aliphatic carbocycles. The van der Waals surface area contributed by atoms with Crippen molar-refractivity contribution >= 4 is 17.2 Å². The van der Waals surface area contributed by atoms with E-state index in [2.05, 4.69) is 9.36 Å². The van der Waals surface area contributed by atoms with Crippen LogP contribution in [0.2, 0.25) is 0 Å². The molecule has 1 fully saturated rings. The lowest BCUT2D eigenvalue weighted by molar-refractivity contribution is 0.439. The van der Waals surface area contributed by atoms with Crippen LogP contribution in [0.5, 0.6) is 10.9 Å². The van der Waals surface area contributed by atoms with Gasteiger partial charge < -0.3 is 10.5 Å². The van der Waals surface area contributed by atoms with E-state index in [1.807, 2.05) is 0 Å². The van der Waals surface area contributed by atoms with Crippen molar-refractivity contribution in [2.45, 2.75) is 18.8 Å². The van der Waals surface area contributed by atoms with Crippen molar-refractivity contribution in [3.63, 3.8) is 0 Å². The Labute approximate surface area is 101 Å². The molecule has 1 saturated carbocycles. The topological polar surface area (TPSA) is 61.0 Å². The third kappa shape index (κ3) is 2.21. The highest BCUT2D eigenvalue weighted by molar-refractivity contribution is 7.07. The van der Waals surface area contributed by atoms with Gasteiger partial charge in [-0.2, -0.15) is 9.36 Å². The first-order valence-corrected chi connectivity index (χ1v) is 6.06. The first-order valence-electron chi connectivity index (χ1n) is 5.29. The minimum Gasteiger partial charge on any atom is -0.427 e. The van der Waals surface area contributed by atoms with Gasteiger partial charge in [0.05, 0.1) is 0 Å². The SMILES string of the molecule is Nc1ccc(Oc2nc(C3CC3)ns2)c(F)c1. The van der Waals surface area contributed by atoms with E-state index >= 15 is 0 Å². The zero-order valence-corrected chi connectivity index (χ0v) is 9.71. The van der Waals surface area contributed by atoms with Crippen molar-refractivity contribution < 1.29 is 9.13 Å². The van der Waals surface area contributed by atoms with E-state index in [4.69, 9.17) is 10.5 Å². The summed E-state index contributed by atoms with van der Waals surface area (Å²) in [5.41, 5.74) is 5.82. The Morgan fingerprint density at radius 2 is 2.24 bits per heavy atom. The highest BCUT2D eigenvalue weighted by Gasteiger charge is 2.28. The first kappa shape index (κ1) is 10.5. The number of nitrogen functional groups attached to an aromatic ring is 1. The Bertz CT molecular complexity index is 553. The first-order chi connectivity index (χ1) is 8.22. The third-order valence-corrected chi connectivity index (χ3v) is 3.13. The number of ether oxygens (including phenoxy) is 1. The zero-order valence-electron chi connectivity index (χ0n) is 8.89. The average Bonchev–Trinajstić information content (AvgIpc) is 3.04. The number of benzene rings is 1. The maximum atomic E-state index is 13.5. The van der Waals surface area contributed by atoms with Crippen molar-refractivity contribution in [1.82, 2.24) is 9.36 Å². The van der Waals surface area contributed by atoms with E-state index in [1.165, 1.54) is 12.1 Å². The van der Waals surface area contributed by atoms with Crippen LogP contribution in [-0.2, 0) is 0 Å². The maximum Gasteiger partial charge on any atom is 0.298 e. The molecule has 0 spiro atoms. The second kappa shape index (κ2) is 3.96. The lowest BCUT2D eigenvalue weighted by Crippen LogP contribution is -1.91. The molecule has 1 aromatic heterocycles. The quantitative estimate of drug-likeness (QED) is 0.852. The van der Waals surface area contributed by atoms with Crippen LogP contribution in [0.4, 0.5) is 10.1 Å². The molecule has 88 valence electrons. The van der Waals surface area contributed by atoms with Crippen molar-refractivity contribution in [3.05, 3.63) is 29.8 Å². The molecule has 3 rings (SSSR count). The normalized spacial score (nSPS) is 14.9. The minimum absolute atomic E-state index is 0.123. The fraction of sp³-hybridized carbons (Fsp3) is 0.273. The lowest BCUT2D eigenvalue weighted by atomic mass is 10.3. The molecule has 0 saturated heterocycles. The summed E-state index contributed by atoms with van der Waals surface area (Å²) in [5, 5.41) is 0.371. The summed E-state index contributed by atoms with van der Waals surface area (Å²) in [6.45, 7) is 0. The molecule has 1 heterocycles. The highest BCUT2D eigenvalue weighted by Crippen LogP contribution is 2.40. The van der Waals surface area contributed by atoms with Crippen LogP contribution in [0.3, 0.4) is 0 Å². The van der Waals surface area contributed by atoms with Crippen LogP contribution >= 0.6 is 11.5 Å². The predicted octanol–water partition coefficient (Wildman–Crippen LogP) is 2.93. The average molecular weight is 251 g/mol. The number of nitrogens with two attached hydrogens (primary N) is 1. The van der Waals surface area contributed by atoms with E-state index in [1.54, 1.807) is 6.07 Å². The summed E-state index contributed by atoms with van der Waals surface area (Å²) >= 11 is 1.14. The number of hydrogen-bond donors (Lipinski definition) is 1. The predicted molar refractivity (Wildman–Crippen MR) is 62.8 cm³/mol. The minimum atomic E-state index is -0.492. The lowest BCUT2D eigenvalue weighted by Gasteiger charge is -2.02. The molecule has 2 aromatic rings. The molecule has 17 heavy (non-hydrogen) atoms. The Morgan fingerprint density at radius 3 is 2.94 bits per heavy atom. The molecule has 6 heteroatoms. The number of hydrogen-bond acceptors (Lipinski definition) is 5. The molecule has 0 amide bonds. The summed E-state index contributed by atoms with van der Waals surface area (Å²) < 4.78 is 23.0. The molecular weight excluding hydrogens is 241 g/mol. The molecule has 1 aliphatic rings. The van der Waals surface area contributed by atoms with E-state index in [0.717, 1.165) is 30.2 Å². The summed E-state index contributed by atoms with van der Waals surface area (Å²) in [6.07, 6.45) is 2.26. The number of rotatable bonds is 3. The van der Waals surface area contributed by atoms with Gasteiger partial charge >= 0.3 is 0 Å². The summed E-state index contributed by atoms with van der Waals surface area (Å²) in [7, 11) is 0. The van der Waals surface area contributed by atoms with E-state index < -0.39 is 5.82 Å². The second-order valence-corrected chi connectivity index (χ2v) is 4.70. The van der Waals surface area contributed by atoms with Crippen molar-refractivity contribution in [2.75, 3.05) is 5.73 Å². The van der Waals surface area contributed by atoms with Crippen LogP contribution in [-0.4, -0.2) is 9.36 Å². The fourth-order valence-electron chi connectivity index (χ4n) is 1.46. The molecule has 0 radical (unpaired) electrons. The van der Waals surface area contributed by atoms with Gasteiger partial charge in [0.25, 0.3) is 5.19 Å². The molecule has 2 N–H and O–H groups in total. The van der Waals surface area contributed by atoms with Crippen molar-refractivity contribution in [1.29, 1.82) is 0 Å². The Balaban J connectivity index is 1.80. The van der Waals surface area contributed by atoms with Gasteiger partial charge in [0.2, 0.25) is 0 Å². The van der Waals surface area contributed by atoms with Gasteiger partial charge in [0, 0.05) is 29.2 Å². The number of nitrogens with zero attached hydrogens (tertiary/aromatic N) is 2. The summed E-state index contributed by atoms with van der Waals surface area (Å²) in [5.74, 6) is 0.909. The summed E-state index contributed by atoms with van der Waals surface area (Å²) in [4.78, 5) is 4.22. The van der Waals surface area contributed by atoms with E-state index in [9.17, 15) is 4.39 Å². The molecular formula is C11H10FN3OS. The smallest absolute Gasteiger partial charge is 0.298 e. The molecule has 1 aromatic carbocycles. The maximum absolute atomic E-state index is 13.5. The zero-order chi connectivity index (χ0) is 11.8. The van der Waals surface area contributed by atoms with Crippen LogP contribution in [0.15, 0.2) is 18.2 Å². The standard InChI is InChI=1S/C11H10FN3OS/c12-8-5-7(13)3-4-9(8)16-11-14-10(15-17-11)6-1-2-6/h3-6H,1-2,13H2. The monoisotopic (exact) mass is 251 g/mol. The highest BCUT2D eigenvalue weighted by atomic mass is 32.1. The van der Waals surface area contributed by atoms with Gasteiger partial charge in [-0.25, -0.2) is 4.39 Å². The number of anilines is 1. The Hall–Kier alpha value is -1.69. The number of aromatic nitrogens is 2. The van der Waals surface area contributed by atoms with Crippen LogP contribution < -0.4 is 10.5 Å². The molecule has 0 aliphatic heterocycles. The fourth-order valence-corrected chi connectivity index (χ4v) is 2.09. The van der Waals surface area contributed by atoms with Gasteiger partial charge in [-0.05, 0) is 25.0 Å². The van der Waals surface area contributed by atoms with Gasteiger partial charge in [-0.1, -0.05) is 0 Å². The molecule has 0 bridgehead atoms. The largest absolute Gasteiger partial charge is 0.427 e. The molecule has 0 atom stereocenters.